The number of ether oxygens (including phenoxy) is 2. The molecule has 0 aliphatic heterocycles. The van der Waals surface area contributed by atoms with Crippen LogP contribution < -0.4 is 17.2 Å². The lowest BCUT2D eigenvalue weighted by Crippen LogP contribution is -2.66. The number of rotatable bonds is 13. The van der Waals surface area contributed by atoms with Crippen LogP contribution in [0.1, 0.15) is 123 Å². The first-order valence-corrected chi connectivity index (χ1v) is 23.1. The molecule has 2 fully saturated rings. The molecule has 0 spiro atoms. The topological polar surface area (TPSA) is 284 Å². The number of hydrogen-bond acceptors (Lipinski definition) is 13. The number of benzene rings is 2. The maximum absolute atomic E-state index is 11.5. The predicted octanol–water partition coefficient (Wildman–Crippen LogP) is 5.22. The normalized spacial score (nSPS) is 15.9. The van der Waals surface area contributed by atoms with Gasteiger partial charge in [0.05, 0.1) is 9.79 Å². The largest absolute Gasteiger partial charge is 0.744 e. The summed E-state index contributed by atoms with van der Waals surface area (Å²) in [4.78, 5) is 32.8. The molecule has 15 nitrogen and oxygen atoms in total. The highest BCUT2D eigenvalue weighted by molar-refractivity contribution is 7.86. The smallest absolute Gasteiger partial charge is 0.365 e. The van der Waals surface area contributed by atoms with Gasteiger partial charge in [-0.15, -0.1) is 0 Å². The van der Waals surface area contributed by atoms with Crippen molar-refractivity contribution in [3.05, 3.63) is 59.7 Å². The van der Waals surface area contributed by atoms with E-state index in [9.17, 15) is 40.3 Å². The summed E-state index contributed by atoms with van der Waals surface area (Å²) in [5.74, 6) is 0.0748. The second-order valence-corrected chi connectivity index (χ2v) is 19.1. The van der Waals surface area contributed by atoms with Crippen LogP contribution in [-0.4, -0.2) is 79.3 Å². The van der Waals surface area contributed by atoms with Gasteiger partial charge in [0.25, 0.3) is 0 Å². The standard InChI is InChI=1S/2C11H21NO2.2C7H8O3S.C6H13NO2/c2*1-8(2)7-10(12)11(13)14-9-5-3-4-6-9;2*1-6-2-4-7(5-3-6)11(8,9)10;1-4(2)3-5(7)6(8)9/h2*8-10H,3-7,12H2,1-2H3;2*2-5H,1H3,(H,8,9,10);4-5H,3,7H2,1-2H3,(H,8,9)/p-1/t2*10-;;;5-/m00..0/s1. The third-order valence-corrected chi connectivity index (χ3v) is 10.6. The van der Waals surface area contributed by atoms with E-state index in [2.05, 4.69) is 33.4 Å². The van der Waals surface area contributed by atoms with E-state index < -0.39 is 38.3 Å². The van der Waals surface area contributed by atoms with Crippen LogP contribution in [0.3, 0.4) is 0 Å². The average molecular weight is 873 g/mol. The van der Waals surface area contributed by atoms with E-state index in [0.717, 1.165) is 43.2 Å². The molecule has 2 aliphatic rings. The highest BCUT2D eigenvalue weighted by atomic mass is 32.2. The molecule has 0 saturated heterocycles. The van der Waals surface area contributed by atoms with Gasteiger partial charge in [0.2, 0.25) is 0 Å². The van der Waals surface area contributed by atoms with E-state index in [1.807, 2.05) is 27.7 Å². The van der Waals surface area contributed by atoms with E-state index in [1.165, 1.54) is 49.9 Å². The van der Waals surface area contributed by atoms with Gasteiger partial charge < -0.3 is 40.9 Å². The Bertz CT molecular complexity index is 1610. The highest BCUT2D eigenvalue weighted by Gasteiger charge is 2.26. The number of esters is 2. The van der Waals surface area contributed by atoms with Crippen LogP contribution in [0.25, 0.3) is 0 Å². The number of hydrogen-bond donors (Lipinski definition) is 4. The molecule has 2 aromatic carbocycles. The Hall–Kier alpha value is -3.45. The summed E-state index contributed by atoms with van der Waals surface area (Å²) in [5.41, 5.74) is 16.6. The van der Waals surface area contributed by atoms with Crippen LogP contribution in [0, 0.1) is 31.6 Å². The summed E-state index contributed by atoms with van der Waals surface area (Å²) in [6, 6.07) is 10.3. The van der Waals surface area contributed by atoms with Gasteiger partial charge in [-0.3, -0.25) is 9.59 Å². The van der Waals surface area contributed by atoms with E-state index in [0.29, 0.717) is 30.6 Å². The fourth-order valence-electron chi connectivity index (χ4n) is 5.81. The van der Waals surface area contributed by atoms with E-state index >= 15 is 0 Å². The number of carbonyl (C=O) groups is 3. The molecule has 59 heavy (non-hydrogen) atoms. The van der Waals surface area contributed by atoms with Crippen molar-refractivity contribution in [2.24, 2.45) is 29.2 Å². The molecule has 0 aromatic heterocycles. The quantitative estimate of drug-likeness (QED) is 0.148. The maximum Gasteiger partial charge on any atom is 0.365 e. The molecular formula is C42H70N3O12S2-. The number of carbonyl (C=O) groups excluding carboxylic acids is 2. The lowest BCUT2D eigenvalue weighted by molar-refractivity contribution is -0.411. The molecule has 2 aromatic rings. The van der Waals surface area contributed by atoms with Crippen LogP contribution in [-0.2, 0) is 44.1 Å². The molecule has 0 amide bonds. The molecule has 2 aliphatic carbocycles. The summed E-state index contributed by atoms with van der Waals surface area (Å²) < 4.78 is 73.0. The minimum atomic E-state index is -4.27. The van der Waals surface area contributed by atoms with Crippen molar-refractivity contribution in [2.45, 2.75) is 166 Å². The van der Waals surface area contributed by atoms with Gasteiger partial charge >= 0.3 is 17.9 Å². The molecule has 0 bridgehead atoms. The Morgan fingerprint density at radius 2 is 0.932 bits per heavy atom. The predicted molar refractivity (Wildman–Crippen MR) is 224 cm³/mol. The summed E-state index contributed by atoms with van der Waals surface area (Å²) in [7, 11) is -8.54. The van der Waals surface area contributed by atoms with Crippen molar-refractivity contribution in [1.29, 1.82) is 0 Å². The molecule has 2 saturated carbocycles. The van der Waals surface area contributed by atoms with Crippen molar-refractivity contribution in [2.75, 3.05) is 0 Å². The minimum absolute atomic E-state index is 0.106. The zero-order valence-electron chi connectivity index (χ0n) is 36.1. The molecule has 17 heteroatoms. The Morgan fingerprint density at radius 1 is 0.627 bits per heavy atom. The van der Waals surface area contributed by atoms with Gasteiger partial charge in [-0.2, -0.15) is 0 Å². The van der Waals surface area contributed by atoms with Crippen LogP contribution in [0.15, 0.2) is 58.3 Å². The summed E-state index contributed by atoms with van der Waals surface area (Å²) in [6.45, 7) is 15.8. The summed E-state index contributed by atoms with van der Waals surface area (Å²) >= 11 is 0. The molecule has 8 N–H and O–H groups in total. The number of nitrogens with two attached hydrogens (primary N) is 2. The van der Waals surface area contributed by atoms with Crippen molar-refractivity contribution >= 4 is 38.1 Å². The highest BCUT2D eigenvalue weighted by Crippen LogP contribution is 2.22. The molecular weight excluding hydrogens is 803 g/mol. The number of carboxylic acids is 1. The van der Waals surface area contributed by atoms with Crippen LogP contribution in [0.2, 0.25) is 0 Å². The first-order chi connectivity index (χ1) is 27.2. The van der Waals surface area contributed by atoms with E-state index in [1.54, 1.807) is 24.3 Å². The lowest BCUT2D eigenvalue weighted by atomic mass is 10.0. The van der Waals surface area contributed by atoms with Gasteiger partial charge in [0.1, 0.15) is 44.5 Å². The number of carboxylic acid groups (broad SMARTS) is 1. The third-order valence-electron chi connectivity index (χ3n) is 8.95. The van der Waals surface area contributed by atoms with E-state index in [4.69, 9.17) is 26.0 Å². The van der Waals surface area contributed by atoms with Crippen molar-refractivity contribution in [3.63, 3.8) is 0 Å². The lowest BCUT2D eigenvalue weighted by Gasteiger charge is -2.16. The summed E-state index contributed by atoms with van der Waals surface area (Å²) in [6.07, 6.45) is 11.3. The molecule has 338 valence electrons. The first kappa shape index (κ1) is 55.5. The fourth-order valence-corrected chi connectivity index (χ4v) is 6.75. The number of quaternary nitrogens is 1. The van der Waals surface area contributed by atoms with E-state index in [-0.39, 0.29) is 40.0 Å². The zero-order chi connectivity index (χ0) is 45.5. The van der Waals surface area contributed by atoms with Gasteiger partial charge in [-0.1, -0.05) is 76.9 Å². The van der Waals surface area contributed by atoms with Gasteiger partial charge in [0.15, 0.2) is 6.04 Å². The molecule has 0 radical (unpaired) electrons. The Labute approximate surface area is 352 Å². The second kappa shape index (κ2) is 28.1. The van der Waals surface area contributed by atoms with Gasteiger partial charge in [-0.25, -0.2) is 21.6 Å². The van der Waals surface area contributed by atoms with Gasteiger partial charge in [-0.05, 0) is 120 Å². The number of aliphatic carboxylic acids is 1. The Morgan fingerprint density at radius 3 is 1.20 bits per heavy atom. The van der Waals surface area contributed by atoms with Crippen LogP contribution in [0.4, 0.5) is 0 Å². The van der Waals surface area contributed by atoms with Crippen molar-refractivity contribution < 1.29 is 60.6 Å². The third kappa shape index (κ3) is 27.1. The Kier molecular flexibility index (Phi) is 26.5. The van der Waals surface area contributed by atoms with Gasteiger partial charge in [0, 0.05) is 6.42 Å². The van der Waals surface area contributed by atoms with Crippen LogP contribution >= 0.6 is 0 Å². The van der Waals surface area contributed by atoms with Crippen molar-refractivity contribution in [3.8, 4) is 0 Å². The van der Waals surface area contributed by atoms with Crippen molar-refractivity contribution in [1.82, 2.24) is 0 Å². The Balaban J connectivity index is 0.000000720. The monoisotopic (exact) mass is 872 g/mol. The van der Waals surface area contributed by atoms with Crippen LogP contribution in [0.5, 0.6) is 0 Å². The molecule has 4 rings (SSSR count). The summed E-state index contributed by atoms with van der Waals surface area (Å²) in [5, 5.41) is 8.31. The SMILES string of the molecule is CC(C)C[C@H](N)C(=O)O.CC(C)C[C@H](N)C(=O)OC1CCCC1.CC(C)C[C@H]([NH3+])C(=O)OC1CCCC1.Cc1ccc(S(=O)(=O)[O-])cc1.Cc1ccc(S(=O)(=O)[O-])cc1. The fraction of sp³-hybridized carbons (Fsp3) is 0.643. The first-order valence-electron chi connectivity index (χ1n) is 20.3. The number of aryl methyl sites for hydroxylation is 2. The minimum Gasteiger partial charge on any atom is -0.744 e. The maximum atomic E-state index is 11.5. The second-order valence-electron chi connectivity index (χ2n) is 16.4. The molecule has 0 unspecified atom stereocenters. The molecule has 0 heterocycles. The zero-order valence-corrected chi connectivity index (χ0v) is 37.8. The molecule has 3 atom stereocenters. The average Bonchev–Trinajstić information content (AvgIpc) is 3.83.